The molecule has 0 spiro atoms. The van der Waals surface area contributed by atoms with E-state index in [1.165, 1.54) is 6.07 Å². The standard InChI is InChI=1S/C18H21FN2O3/c1-21(11-18(12-22)7-9-24-10-8-18)17(23)15-6-5-13-3-2-4-14(19)16(13)20-15/h2-6,22H,7-12H2,1H3. The summed E-state index contributed by atoms with van der Waals surface area (Å²) in [5, 5.41) is 10.4. The number of aliphatic hydroxyl groups is 1. The van der Waals surface area contributed by atoms with Gasteiger partial charge in [0.1, 0.15) is 17.0 Å². The van der Waals surface area contributed by atoms with Crippen molar-refractivity contribution in [3.05, 3.63) is 41.8 Å². The number of hydrogen-bond donors (Lipinski definition) is 1. The number of benzene rings is 1. The summed E-state index contributed by atoms with van der Waals surface area (Å²) in [6, 6.07) is 8.00. The second-order valence-corrected chi connectivity index (χ2v) is 6.44. The fourth-order valence-electron chi connectivity index (χ4n) is 3.17. The Morgan fingerprint density at radius 3 is 2.79 bits per heavy atom. The van der Waals surface area contributed by atoms with Gasteiger partial charge < -0.3 is 14.7 Å². The van der Waals surface area contributed by atoms with Gasteiger partial charge in [0, 0.05) is 37.6 Å². The first-order valence-electron chi connectivity index (χ1n) is 8.04. The van der Waals surface area contributed by atoms with Gasteiger partial charge in [0.25, 0.3) is 5.91 Å². The molecule has 0 atom stereocenters. The summed E-state index contributed by atoms with van der Waals surface area (Å²) in [7, 11) is 1.68. The van der Waals surface area contributed by atoms with Crippen molar-refractivity contribution < 1.29 is 19.0 Å². The first-order valence-corrected chi connectivity index (χ1v) is 8.04. The van der Waals surface area contributed by atoms with Crippen molar-refractivity contribution in [3.63, 3.8) is 0 Å². The molecule has 0 saturated carbocycles. The lowest BCUT2D eigenvalue weighted by molar-refractivity contribution is -0.0283. The Labute approximate surface area is 140 Å². The lowest BCUT2D eigenvalue weighted by atomic mass is 9.80. The predicted molar refractivity (Wildman–Crippen MR) is 88.2 cm³/mol. The molecule has 2 aromatic rings. The van der Waals surface area contributed by atoms with E-state index in [4.69, 9.17) is 4.74 Å². The molecule has 1 aromatic carbocycles. The largest absolute Gasteiger partial charge is 0.396 e. The van der Waals surface area contributed by atoms with Gasteiger partial charge in [-0.1, -0.05) is 18.2 Å². The van der Waals surface area contributed by atoms with Crippen LogP contribution in [0.4, 0.5) is 4.39 Å². The lowest BCUT2D eigenvalue weighted by Crippen LogP contribution is -2.44. The highest BCUT2D eigenvalue weighted by Crippen LogP contribution is 2.31. The smallest absolute Gasteiger partial charge is 0.272 e. The average molecular weight is 332 g/mol. The van der Waals surface area contributed by atoms with Crippen LogP contribution < -0.4 is 0 Å². The third-order valence-corrected chi connectivity index (χ3v) is 4.70. The fraction of sp³-hybridized carbons (Fsp3) is 0.444. The molecule has 1 aliphatic heterocycles. The topological polar surface area (TPSA) is 62.7 Å². The van der Waals surface area contributed by atoms with Gasteiger partial charge in [-0.25, -0.2) is 9.37 Å². The Kier molecular flexibility index (Phi) is 4.78. The highest BCUT2D eigenvalue weighted by molar-refractivity contribution is 5.94. The van der Waals surface area contributed by atoms with Crippen LogP contribution in [0.1, 0.15) is 23.3 Å². The van der Waals surface area contributed by atoms with Crippen molar-refractivity contribution >= 4 is 16.8 Å². The Morgan fingerprint density at radius 2 is 2.08 bits per heavy atom. The van der Waals surface area contributed by atoms with Crippen LogP contribution >= 0.6 is 0 Å². The van der Waals surface area contributed by atoms with E-state index < -0.39 is 5.82 Å². The van der Waals surface area contributed by atoms with Crippen molar-refractivity contribution in [2.45, 2.75) is 12.8 Å². The fourth-order valence-corrected chi connectivity index (χ4v) is 3.17. The third kappa shape index (κ3) is 3.25. The Hall–Kier alpha value is -2.05. The van der Waals surface area contributed by atoms with Crippen LogP contribution in [0, 0.1) is 11.2 Å². The molecule has 0 bridgehead atoms. The van der Waals surface area contributed by atoms with E-state index in [0.29, 0.717) is 38.0 Å². The minimum atomic E-state index is -0.443. The van der Waals surface area contributed by atoms with Crippen molar-refractivity contribution in [3.8, 4) is 0 Å². The summed E-state index contributed by atoms with van der Waals surface area (Å²) in [5.74, 6) is -0.722. The van der Waals surface area contributed by atoms with Crippen molar-refractivity contribution in [2.24, 2.45) is 5.41 Å². The Morgan fingerprint density at radius 1 is 1.33 bits per heavy atom. The highest BCUT2D eigenvalue weighted by atomic mass is 19.1. The van der Waals surface area contributed by atoms with Gasteiger partial charge in [0.2, 0.25) is 0 Å². The average Bonchev–Trinajstić information content (AvgIpc) is 2.62. The number of hydrogen-bond acceptors (Lipinski definition) is 4. The molecule has 5 nitrogen and oxygen atoms in total. The van der Waals surface area contributed by atoms with Gasteiger partial charge >= 0.3 is 0 Å². The molecule has 6 heteroatoms. The van der Waals surface area contributed by atoms with Crippen LogP contribution in [-0.2, 0) is 4.74 Å². The van der Waals surface area contributed by atoms with E-state index in [1.807, 2.05) is 0 Å². The first kappa shape index (κ1) is 16.8. The van der Waals surface area contributed by atoms with E-state index >= 15 is 0 Å². The molecule has 1 fully saturated rings. The lowest BCUT2D eigenvalue weighted by Gasteiger charge is -2.38. The monoisotopic (exact) mass is 332 g/mol. The Bertz CT molecular complexity index is 744. The molecule has 1 aliphatic rings. The normalized spacial score (nSPS) is 17.0. The number of ether oxygens (including phenoxy) is 1. The number of amides is 1. The molecule has 1 saturated heterocycles. The number of fused-ring (bicyclic) bond motifs is 1. The molecule has 0 unspecified atom stereocenters. The predicted octanol–water partition coefficient (Wildman–Crippen LogP) is 2.23. The summed E-state index contributed by atoms with van der Waals surface area (Å²) >= 11 is 0. The number of nitrogens with zero attached hydrogens (tertiary/aromatic N) is 2. The molecule has 1 aromatic heterocycles. The third-order valence-electron chi connectivity index (χ3n) is 4.70. The summed E-state index contributed by atoms with van der Waals surface area (Å²) in [5.41, 5.74) is 0.0556. The van der Waals surface area contributed by atoms with E-state index in [-0.39, 0.29) is 29.1 Å². The summed E-state index contributed by atoms with van der Waals surface area (Å²) in [4.78, 5) is 18.4. The minimum absolute atomic E-state index is 0.00770. The minimum Gasteiger partial charge on any atom is -0.396 e. The van der Waals surface area contributed by atoms with Crippen LogP contribution in [0.3, 0.4) is 0 Å². The molecular weight excluding hydrogens is 311 g/mol. The number of aromatic nitrogens is 1. The molecule has 3 rings (SSSR count). The molecule has 1 amide bonds. The van der Waals surface area contributed by atoms with E-state index in [0.717, 1.165) is 0 Å². The van der Waals surface area contributed by atoms with Crippen LogP contribution in [0.15, 0.2) is 30.3 Å². The number of halogens is 1. The Balaban J connectivity index is 1.81. The first-order chi connectivity index (χ1) is 11.5. The number of carbonyl (C=O) groups excluding carboxylic acids is 1. The van der Waals surface area contributed by atoms with E-state index in [2.05, 4.69) is 4.98 Å². The zero-order chi connectivity index (χ0) is 17.2. The highest BCUT2D eigenvalue weighted by Gasteiger charge is 2.34. The number of pyridine rings is 1. The second-order valence-electron chi connectivity index (χ2n) is 6.44. The number of carbonyl (C=O) groups is 1. The molecule has 0 radical (unpaired) electrons. The van der Waals surface area contributed by atoms with E-state index in [1.54, 1.807) is 36.2 Å². The quantitative estimate of drug-likeness (QED) is 0.933. The number of rotatable bonds is 4. The van der Waals surface area contributed by atoms with Gasteiger partial charge in [-0.2, -0.15) is 0 Å². The van der Waals surface area contributed by atoms with Gasteiger partial charge in [0.05, 0.1) is 6.61 Å². The van der Waals surface area contributed by atoms with Crippen LogP contribution in [-0.4, -0.2) is 54.3 Å². The van der Waals surface area contributed by atoms with Crippen LogP contribution in [0.5, 0.6) is 0 Å². The van der Waals surface area contributed by atoms with Crippen molar-refractivity contribution in [1.82, 2.24) is 9.88 Å². The molecule has 24 heavy (non-hydrogen) atoms. The number of aliphatic hydroxyl groups excluding tert-OH is 1. The molecular formula is C18H21FN2O3. The summed E-state index contributed by atoms with van der Waals surface area (Å²) in [6.45, 7) is 1.60. The maximum atomic E-state index is 13.9. The van der Waals surface area contributed by atoms with Crippen LogP contribution in [0.25, 0.3) is 10.9 Å². The zero-order valence-corrected chi connectivity index (χ0v) is 13.7. The molecule has 1 N–H and O–H groups in total. The molecule has 2 heterocycles. The SMILES string of the molecule is CN(CC1(CO)CCOCC1)C(=O)c1ccc2cccc(F)c2n1. The van der Waals surface area contributed by atoms with Crippen molar-refractivity contribution in [2.75, 3.05) is 33.4 Å². The van der Waals surface area contributed by atoms with Gasteiger partial charge in [-0.05, 0) is 25.0 Å². The summed E-state index contributed by atoms with van der Waals surface area (Å²) < 4.78 is 19.2. The van der Waals surface area contributed by atoms with Gasteiger partial charge in [-0.3, -0.25) is 4.79 Å². The molecule has 128 valence electrons. The van der Waals surface area contributed by atoms with Gasteiger partial charge in [0.15, 0.2) is 0 Å². The van der Waals surface area contributed by atoms with Gasteiger partial charge in [-0.15, -0.1) is 0 Å². The zero-order valence-electron chi connectivity index (χ0n) is 13.7. The maximum absolute atomic E-state index is 13.9. The summed E-state index contributed by atoms with van der Waals surface area (Å²) in [6.07, 6.45) is 1.42. The number of para-hydroxylation sites is 1. The second kappa shape index (κ2) is 6.83. The van der Waals surface area contributed by atoms with Crippen molar-refractivity contribution in [1.29, 1.82) is 0 Å². The van der Waals surface area contributed by atoms with Crippen LogP contribution in [0.2, 0.25) is 0 Å². The van der Waals surface area contributed by atoms with E-state index in [9.17, 15) is 14.3 Å². The maximum Gasteiger partial charge on any atom is 0.272 e. The molecule has 0 aliphatic carbocycles.